The second kappa shape index (κ2) is 9.24. The zero-order valence-corrected chi connectivity index (χ0v) is 19.2. The summed E-state index contributed by atoms with van der Waals surface area (Å²) in [6, 6.07) is 12.6. The van der Waals surface area contributed by atoms with Gasteiger partial charge in [0.1, 0.15) is 0 Å². The number of carbonyl (C=O) groups excluding carboxylic acids is 1. The van der Waals surface area contributed by atoms with E-state index in [0.717, 1.165) is 21.3 Å². The third-order valence-corrected chi connectivity index (χ3v) is 8.02. The topological polar surface area (TPSA) is 77.7 Å². The van der Waals surface area contributed by atoms with Gasteiger partial charge in [0.2, 0.25) is 0 Å². The number of hydrogen-bond acceptors (Lipinski definition) is 5. The van der Waals surface area contributed by atoms with Crippen LogP contribution in [0.25, 0.3) is 10.2 Å². The highest BCUT2D eigenvalue weighted by atomic mass is 32.2. The highest BCUT2D eigenvalue weighted by molar-refractivity contribution is 7.92. The van der Waals surface area contributed by atoms with E-state index in [1.54, 1.807) is 45.2 Å². The average Bonchev–Trinajstić information content (AvgIpc) is 3.02. The van der Waals surface area contributed by atoms with Gasteiger partial charge in [0.15, 0.2) is 14.6 Å². The fourth-order valence-corrected chi connectivity index (χ4v) is 5.29. The first-order valence-electron chi connectivity index (χ1n) is 9.71. The van der Waals surface area contributed by atoms with Crippen LogP contribution in [0.5, 0.6) is 0 Å². The summed E-state index contributed by atoms with van der Waals surface area (Å²) in [7, 11) is -1.68. The van der Waals surface area contributed by atoms with Gasteiger partial charge >= 0.3 is 0 Å². The second-order valence-corrected chi connectivity index (χ2v) is 10.9. The molecular formula is C22H26N2O4S2. The van der Waals surface area contributed by atoms with Crippen LogP contribution in [-0.4, -0.2) is 37.9 Å². The maximum absolute atomic E-state index is 12.6. The van der Waals surface area contributed by atoms with Gasteiger partial charge in [-0.2, -0.15) is 4.99 Å². The molecule has 3 aromatic rings. The molecular weight excluding hydrogens is 420 g/mol. The van der Waals surface area contributed by atoms with Crippen LogP contribution in [0.3, 0.4) is 0 Å². The molecule has 0 atom stereocenters. The Hall–Kier alpha value is -2.29. The lowest BCUT2D eigenvalue weighted by Gasteiger charge is -2.08. The summed E-state index contributed by atoms with van der Waals surface area (Å²) in [6.45, 7) is 6.46. The number of sulfone groups is 1. The zero-order valence-electron chi connectivity index (χ0n) is 17.6. The van der Waals surface area contributed by atoms with Crippen molar-refractivity contribution in [2.24, 2.45) is 4.99 Å². The molecule has 160 valence electrons. The van der Waals surface area contributed by atoms with Crippen molar-refractivity contribution in [2.75, 3.05) is 13.7 Å². The third kappa shape index (κ3) is 4.88. The Balaban J connectivity index is 1.88. The Labute approximate surface area is 180 Å². The van der Waals surface area contributed by atoms with Crippen molar-refractivity contribution >= 4 is 37.3 Å². The van der Waals surface area contributed by atoms with Crippen LogP contribution in [0.1, 0.15) is 25.0 Å². The quantitative estimate of drug-likeness (QED) is 0.556. The first kappa shape index (κ1) is 22.4. The molecule has 1 aromatic heterocycles. The number of aryl methyl sites for hydroxylation is 1. The molecule has 0 fully saturated rings. The minimum Gasteiger partial charge on any atom is -0.383 e. The van der Waals surface area contributed by atoms with E-state index in [4.69, 9.17) is 4.74 Å². The highest BCUT2D eigenvalue weighted by Crippen LogP contribution is 2.19. The molecule has 3 rings (SSSR count). The van der Waals surface area contributed by atoms with Gasteiger partial charge in [-0.15, -0.1) is 0 Å². The van der Waals surface area contributed by atoms with Gasteiger partial charge < -0.3 is 9.30 Å². The smallest absolute Gasteiger partial charge is 0.252 e. The summed E-state index contributed by atoms with van der Waals surface area (Å²) in [6.07, 6.45) is 0.111. The number of ether oxygens (including phenoxy) is 1. The molecule has 0 aliphatic rings. The Morgan fingerprint density at radius 1 is 1.17 bits per heavy atom. The Bertz CT molecular complexity index is 1220. The summed E-state index contributed by atoms with van der Waals surface area (Å²) in [5.74, 6) is -0.274. The molecule has 0 saturated heterocycles. The van der Waals surface area contributed by atoms with Gasteiger partial charge in [-0.05, 0) is 56.2 Å². The first-order valence-corrected chi connectivity index (χ1v) is 12.1. The molecule has 30 heavy (non-hydrogen) atoms. The molecule has 2 aromatic carbocycles. The summed E-state index contributed by atoms with van der Waals surface area (Å²) in [4.78, 5) is 17.9. The Morgan fingerprint density at radius 2 is 1.87 bits per heavy atom. The molecule has 0 spiro atoms. The van der Waals surface area contributed by atoms with Gasteiger partial charge in [0, 0.05) is 13.7 Å². The van der Waals surface area contributed by atoms with Crippen molar-refractivity contribution in [3.8, 4) is 0 Å². The van der Waals surface area contributed by atoms with Crippen LogP contribution in [0.15, 0.2) is 52.4 Å². The lowest BCUT2D eigenvalue weighted by atomic mass is 10.1. The molecule has 0 saturated carbocycles. The summed E-state index contributed by atoms with van der Waals surface area (Å²) in [5.41, 5.74) is 2.90. The minimum atomic E-state index is -3.33. The van der Waals surface area contributed by atoms with Crippen LogP contribution in [-0.2, 0) is 32.3 Å². The summed E-state index contributed by atoms with van der Waals surface area (Å²) >= 11 is 1.48. The molecule has 0 bridgehead atoms. The molecule has 0 unspecified atom stereocenters. The van der Waals surface area contributed by atoms with E-state index in [-0.39, 0.29) is 17.2 Å². The van der Waals surface area contributed by atoms with E-state index in [0.29, 0.717) is 18.0 Å². The van der Waals surface area contributed by atoms with Gasteiger partial charge in [-0.3, -0.25) is 4.79 Å². The molecule has 0 N–H and O–H groups in total. The summed E-state index contributed by atoms with van der Waals surface area (Å²) < 4.78 is 32.8. The molecule has 0 aliphatic heterocycles. The normalized spacial score (nSPS) is 12.8. The number of carbonyl (C=O) groups is 1. The van der Waals surface area contributed by atoms with Crippen LogP contribution >= 0.6 is 11.3 Å². The number of methoxy groups -OCH3 is 1. The van der Waals surface area contributed by atoms with Crippen molar-refractivity contribution in [3.05, 3.63) is 58.4 Å². The van der Waals surface area contributed by atoms with E-state index in [1.807, 2.05) is 23.6 Å². The number of benzene rings is 2. The van der Waals surface area contributed by atoms with Crippen LogP contribution in [0.2, 0.25) is 0 Å². The third-order valence-electron chi connectivity index (χ3n) is 4.81. The standard InChI is InChI=1S/C22H26N2O4S2/c1-15(2)30(26,27)18-8-6-17(7-9-18)14-21(25)23-22-24(11-12-28-4)19-10-5-16(3)13-20(19)29-22/h5-10,13,15H,11-12,14H2,1-4H3. The van der Waals surface area contributed by atoms with Crippen LogP contribution < -0.4 is 4.80 Å². The number of rotatable bonds is 7. The van der Waals surface area contributed by atoms with E-state index >= 15 is 0 Å². The predicted molar refractivity (Wildman–Crippen MR) is 119 cm³/mol. The minimum absolute atomic E-state index is 0.111. The largest absolute Gasteiger partial charge is 0.383 e. The SMILES string of the molecule is COCCn1c(=NC(=O)Cc2ccc(S(=O)(=O)C(C)C)cc2)sc2cc(C)ccc21. The zero-order chi connectivity index (χ0) is 21.9. The molecule has 1 heterocycles. The van der Waals surface area contributed by atoms with Gasteiger partial charge in [-0.1, -0.05) is 29.5 Å². The molecule has 6 nitrogen and oxygen atoms in total. The highest BCUT2D eigenvalue weighted by Gasteiger charge is 2.19. The van der Waals surface area contributed by atoms with Gasteiger partial charge in [0.25, 0.3) is 5.91 Å². The van der Waals surface area contributed by atoms with Crippen molar-refractivity contribution in [1.29, 1.82) is 0 Å². The van der Waals surface area contributed by atoms with Crippen molar-refractivity contribution in [1.82, 2.24) is 4.57 Å². The van der Waals surface area contributed by atoms with Crippen LogP contribution in [0.4, 0.5) is 0 Å². The Morgan fingerprint density at radius 3 is 2.50 bits per heavy atom. The first-order chi connectivity index (χ1) is 14.2. The fourth-order valence-electron chi connectivity index (χ4n) is 3.05. The van der Waals surface area contributed by atoms with Gasteiger partial charge in [-0.25, -0.2) is 8.42 Å². The number of nitrogens with zero attached hydrogens (tertiary/aromatic N) is 2. The Kier molecular flexibility index (Phi) is 6.90. The van der Waals surface area contributed by atoms with Crippen molar-refractivity contribution < 1.29 is 17.9 Å². The van der Waals surface area contributed by atoms with Crippen molar-refractivity contribution in [2.45, 2.75) is 43.9 Å². The molecule has 1 amide bonds. The van der Waals surface area contributed by atoms with Crippen molar-refractivity contribution in [3.63, 3.8) is 0 Å². The number of hydrogen-bond donors (Lipinski definition) is 0. The average molecular weight is 447 g/mol. The molecule has 8 heteroatoms. The maximum atomic E-state index is 12.6. The second-order valence-electron chi connectivity index (χ2n) is 7.42. The van der Waals surface area contributed by atoms with E-state index < -0.39 is 15.1 Å². The number of amides is 1. The molecule has 0 aliphatic carbocycles. The maximum Gasteiger partial charge on any atom is 0.252 e. The van der Waals surface area contributed by atoms with Crippen LogP contribution in [0, 0.1) is 6.92 Å². The lowest BCUT2D eigenvalue weighted by molar-refractivity contribution is -0.117. The number of thiazole rings is 1. The van der Waals surface area contributed by atoms with E-state index in [9.17, 15) is 13.2 Å². The fraction of sp³-hybridized carbons (Fsp3) is 0.364. The van der Waals surface area contributed by atoms with E-state index in [1.165, 1.54) is 11.3 Å². The number of fused-ring (bicyclic) bond motifs is 1. The van der Waals surface area contributed by atoms with E-state index in [2.05, 4.69) is 11.1 Å². The monoisotopic (exact) mass is 446 g/mol. The van der Waals surface area contributed by atoms with Gasteiger partial charge in [0.05, 0.1) is 33.4 Å². The molecule has 0 radical (unpaired) electrons. The lowest BCUT2D eigenvalue weighted by Crippen LogP contribution is -2.19. The summed E-state index contributed by atoms with van der Waals surface area (Å²) in [5, 5.41) is -0.487. The predicted octanol–water partition coefficient (Wildman–Crippen LogP) is 3.51. The number of aromatic nitrogens is 1.